The van der Waals surface area contributed by atoms with Gasteiger partial charge in [-0.1, -0.05) is 13.3 Å². The summed E-state index contributed by atoms with van der Waals surface area (Å²) in [6, 6.07) is 0. The highest BCUT2D eigenvalue weighted by Crippen LogP contribution is 2.10. The zero-order valence-electron chi connectivity index (χ0n) is 10.2. The van der Waals surface area contributed by atoms with Crippen molar-refractivity contribution in [1.29, 1.82) is 0 Å². The molecule has 2 N–H and O–H groups in total. The number of nitrogens with one attached hydrogen (secondary N) is 1. The summed E-state index contributed by atoms with van der Waals surface area (Å²) in [6.07, 6.45) is 2.17. The van der Waals surface area contributed by atoms with Crippen LogP contribution in [-0.2, 0) is 9.59 Å². The number of hydrogen-bond acceptors (Lipinski definition) is 3. The molecular formula is C11H21NO3S. The third-order valence-electron chi connectivity index (χ3n) is 1.95. The SMILES string of the molecule is CCCCSCC(=O)NC(C)(C)CC(=O)O. The van der Waals surface area contributed by atoms with E-state index in [1.54, 1.807) is 25.6 Å². The maximum absolute atomic E-state index is 11.5. The van der Waals surface area contributed by atoms with Crippen molar-refractivity contribution in [2.24, 2.45) is 0 Å². The van der Waals surface area contributed by atoms with Crippen LogP contribution in [0.2, 0.25) is 0 Å². The Hall–Kier alpha value is -0.710. The molecule has 0 aliphatic rings. The van der Waals surface area contributed by atoms with E-state index in [9.17, 15) is 9.59 Å². The molecule has 0 saturated heterocycles. The standard InChI is InChI=1S/C11H21NO3S/c1-4-5-6-16-8-9(13)12-11(2,3)7-10(14)15/h4-8H2,1-3H3,(H,12,13)(H,14,15). The smallest absolute Gasteiger partial charge is 0.305 e. The predicted octanol–water partition coefficient (Wildman–Crippen LogP) is 1.89. The number of unbranched alkanes of at least 4 members (excludes halogenated alkanes) is 1. The van der Waals surface area contributed by atoms with Gasteiger partial charge in [0.1, 0.15) is 0 Å². The van der Waals surface area contributed by atoms with Crippen LogP contribution in [0, 0.1) is 0 Å². The van der Waals surface area contributed by atoms with Crippen LogP contribution in [0.4, 0.5) is 0 Å². The Morgan fingerprint density at radius 2 is 2.00 bits per heavy atom. The van der Waals surface area contributed by atoms with Gasteiger partial charge in [0.05, 0.1) is 12.2 Å². The number of carbonyl (C=O) groups is 2. The Kier molecular flexibility index (Phi) is 7.21. The highest BCUT2D eigenvalue weighted by Gasteiger charge is 2.23. The summed E-state index contributed by atoms with van der Waals surface area (Å²) >= 11 is 1.59. The average molecular weight is 247 g/mol. The molecule has 94 valence electrons. The Bertz CT molecular complexity index is 241. The van der Waals surface area contributed by atoms with Crippen molar-refractivity contribution in [1.82, 2.24) is 5.32 Å². The first kappa shape index (κ1) is 15.3. The molecule has 0 aromatic heterocycles. The van der Waals surface area contributed by atoms with Gasteiger partial charge >= 0.3 is 5.97 Å². The van der Waals surface area contributed by atoms with Gasteiger partial charge in [0.2, 0.25) is 5.91 Å². The van der Waals surface area contributed by atoms with E-state index in [-0.39, 0.29) is 12.3 Å². The minimum Gasteiger partial charge on any atom is -0.481 e. The molecule has 0 rings (SSSR count). The quantitative estimate of drug-likeness (QED) is 0.643. The number of carbonyl (C=O) groups excluding carboxylic acids is 1. The van der Waals surface area contributed by atoms with Gasteiger partial charge in [-0.2, -0.15) is 11.8 Å². The minimum atomic E-state index is -0.899. The number of carboxylic acid groups (broad SMARTS) is 1. The summed E-state index contributed by atoms with van der Waals surface area (Å²) < 4.78 is 0. The molecule has 0 aliphatic heterocycles. The van der Waals surface area contributed by atoms with Crippen LogP contribution >= 0.6 is 11.8 Å². The summed E-state index contributed by atoms with van der Waals surface area (Å²) in [5.41, 5.74) is -0.672. The molecule has 0 heterocycles. The van der Waals surface area contributed by atoms with E-state index in [0.29, 0.717) is 5.75 Å². The molecule has 0 atom stereocenters. The molecular weight excluding hydrogens is 226 g/mol. The van der Waals surface area contributed by atoms with Gasteiger partial charge in [0.25, 0.3) is 0 Å². The fourth-order valence-corrected chi connectivity index (χ4v) is 2.14. The molecule has 0 aromatic carbocycles. The van der Waals surface area contributed by atoms with Crippen LogP contribution in [0.25, 0.3) is 0 Å². The fraction of sp³-hybridized carbons (Fsp3) is 0.818. The summed E-state index contributed by atoms with van der Waals surface area (Å²) in [6.45, 7) is 5.54. The van der Waals surface area contributed by atoms with Crippen molar-refractivity contribution in [3.63, 3.8) is 0 Å². The van der Waals surface area contributed by atoms with E-state index in [2.05, 4.69) is 12.2 Å². The van der Waals surface area contributed by atoms with E-state index in [4.69, 9.17) is 5.11 Å². The average Bonchev–Trinajstić information content (AvgIpc) is 2.09. The second-order valence-corrected chi connectivity index (χ2v) is 5.51. The Balaban J connectivity index is 3.80. The second kappa shape index (κ2) is 7.54. The van der Waals surface area contributed by atoms with Crippen LogP contribution < -0.4 is 5.32 Å². The topological polar surface area (TPSA) is 66.4 Å². The van der Waals surface area contributed by atoms with Gasteiger partial charge in [0, 0.05) is 5.54 Å². The summed E-state index contributed by atoms with van der Waals surface area (Å²) in [7, 11) is 0. The molecule has 16 heavy (non-hydrogen) atoms. The van der Waals surface area contributed by atoms with Gasteiger partial charge < -0.3 is 10.4 Å². The van der Waals surface area contributed by atoms with E-state index < -0.39 is 11.5 Å². The highest BCUT2D eigenvalue weighted by atomic mass is 32.2. The normalized spacial score (nSPS) is 11.2. The first-order valence-corrected chi connectivity index (χ1v) is 6.63. The van der Waals surface area contributed by atoms with E-state index in [1.165, 1.54) is 0 Å². The Morgan fingerprint density at radius 1 is 1.38 bits per heavy atom. The van der Waals surface area contributed by atoms with Crippen molar-refractivity contribution in [2.45, 2.75) is 45.6 Å². The van der Waals surface area contributed by atoms with Crippen LogP contribution in [0.3, 0.4) is 0 Å². The zero-order valence-corrected chi connectivity index (χ0v) is 11.0. The fourth-order valence-electron chi connectivity index (χ4n) is 1.25. The molecule has 0 unspecified atom stereocenters. The van der Waals surface area contributed by atoms with Gasteiger partial charge in [-0.05, 0) is 26.0 Å². The summed E-state index contributed by atoms with van der Waals surface area (Å²) in [4.78, 5) is 22.0. The Morgan fingerprint density at radius 3 is 2.50 bits per heavy atom. The van der Waals surface area contributed by atoms with Crippen molar-refractivity contribution in [2.75, 3.05) is 11.5 Å². The number of amides is 1. The highest BCUT2D eigenvalue weighted by molar-refractivity contribution is 7.99. The zero-order chi connectivity index (χ0) is 12.6. The Labute approximate surface area is 101 Å². The molecule has 0 saturated carbocycles. The third kappa shape index (κ3) is 8.59. The number of rotatable bonds is 8. The van der Waals surface area contributed by atoms with Gasteiger partial charge in [0.15, 0.2) is 0 Å². The lowest BCUT2D eigenvalue weighted by atomic mass is 10.0. The van der Waals surface area contributed by atoms with Crippen LogP contribution in [0.5, 0.6) is 0 Å². The maximum atomic E-state index is 11.5. The van der Waals surface area contributed by atoms with Gasteiger partial charge in [-0.15, -0.1) is 0 Å². The van der Waals surface area contributed by atoms with Crippen molar-refractivity contribution < 1.29 is 14.7 Å². The summed E-state index contributed by atoms with van der Waals surface area (Å²) in [5, 5.41) is 11.4. The first-order chi connectivity index (χ1) is 7.37. The van der Waals surface area contributed by atoms with Gasteiger partial charge in [-0.25, -0.2) is 0 Å². The molecule has 0 aliphatic carbocycles. The molecule has 0 bridgehead atoms. The van der Waals surface area contributed by atoms with Crippen LogP contribution in [-0.4, -0.2) is 34.0 Å². The molecule has 4 nitrogen and oxygen atoms in total. The minimum absolute atomic E-state index is 0.0572. The van der Waals surface area contributed by atoms with Crippen molar-refractivity contribution in [3.8, 4) is 0 Å². The number of carboxylic acids is 1. The van der Waals surface area contributed by atoms with E-state index >= 15 is 0 Å². The molecule has 0 spiro atoms. The monoisotopic (exact) mass is 247 g/mol. The van der Waals surface area contributed by atoms with E-state index in [0.717, 1.165) is 18.6 Å². The second-order valence-electron chi connectivity index (χ2n) is 4.41. The predicted molar refractivity (Wildman–Crippen MR) is 66.7 cm³/mol. The number of thioether (sulfide) groups is 1. The number of hydrogen-bond donors (Lipinski definition) is 2. The molecule has 1 amide bonds. The molecule has 5 heteroatoms. The molecule has 0 radical (unpaired) electrons. The van der Waals surface area contributed by atoms with Crippen LogP contribution in [0.15, 0.2) is 0 Å². The maximum Gasteiger partial charge on any atom is 0.305 e. The lowest BCUT2D eigenvalue weighted by molar-refractivity contribution is -0.138. The van der Waals surface area contributed by atoms with E-state index in [1.807, 2.05) is 0 Å². The first-order valence-electron chi connectivity index (χ1n) is 5.48. The van der Waals surface area contributed by atoms with Crippen molar-refractivity contribution in [3.05, 3.63) is 0 Å². The number of aliphatic carboxylic acids is 1. The molecule has 0 aromatic rings. The van der Waals surface area contributed by atoms with Crippen LogP contribution in [0.1, 0.15) is 40.0 Å². The lowest BCUT2D eigenvalue weighted by Crippen LogP contribution is -2.45. The third-order valence-corrected chi connectivity index (χ3v) is 2.99. The lowest BCUT2D eigenvalue weighted by Gasteiger charge is -2.24. The largest absolute Gasteiger partial charge is 0.481 e. The summed E-state index contributed by atoms with van der Waals surface area (Å²) in [5.74, 6) is 0.392. The molecule has 0 fully saturated rings. The van der Waals surface area contributed by atoms with Gasteiger partial charge in [-0.3, -0.25) is 9.59 Å². The van der Waals surface area contributed by atoms with Crippen molar-refractivity contribution >= 4 is 23.6 Å².